The van der Waals surface area contributed by atoms with Crippen LogP contribution in [0.2, 0.25) is 0 Å². The van der Waals surface area contributed by atoms with Gasteiger partial charge in [0.15, 0.2) is 0 Å². The van der Waals surface area contributed by atoms with Gasteiger partial charge in [-0.25, -0.2) is 4.39 Å². The van der Waals surface area contributed by atoms with Gasteiger partial charge in [-0.2, -0.15) is 0 Å². The Bertz CT molecular complexity index is 637. The van der Waals surface area contributed by atoms with Crippen molar-refractivity contribution in [1.82, 2.24) is 0 Å². The van der Waals surface area contributed by atoms with E-state index in [2.05, 4.69) is 12.2 Å². The van der Waals surface area contributed by atoms with Gasteiger partial charge in [0.1, 0.15) is 5.82 Å². The van der Waals surface area contributed by atoms with Crippen molar-refractivity contribution in [3.8, 4) is 0 Å². The number of hydrogen-bond acceptors (Lipinski definition) is 1. The number of hydrogen-bond donors (Lipinski definition) is 1. The number of anilines is 1. The van der Waals surface area contributed by atoms with E-state index in [4.69, 9.17) is 0 Å². The van der Waals surface area contributed by atoms with Gasteiger partial charge in [0.25, 0.3) is 0 Å². The summed E-state index contributed by atoms with van der Waals surface area (Å²) in [5.41, 5.74) is 3.63. The zero-order valence-corrected chi connectivity index (χ0v) is 12.4. The van der Waals surface area contributed by atoms with E-state index in [0.717, 1.165) is 23.2 Å². The van der Waals surface area contributed by atoms with Crippen LogP contribution < -0.4 is 5.32 Å². The first-order chi connectivity index (χ1) is 10.1. The third-order valence-electron chi connectivity index (χ3n) is 3.58. The SMILES string of the molecule is CCc1cccc(C)c1NC(=O)CCc1ccccc1F. The van der Waals surface area contributed by atoms with Gasteiger partial charge >= 0.3 is 0 Å². The summed E-state index contributed by atoms with van der Waals surface area (Å²) >= 11 is 0. The first-order valence-corrected chi connectivity index (χ1v) is 7.23. The molecule has 1 amide bonds. The van der Waals surface area contributed by atoms with E-state index in [0.29, 0.717) is 12.0 Å². The summed E-state index contributed by atoms with van der Waals surface area (Å²) in [6.07, 6.45) is 1.55. The molecule has 0 saturated heterocycles. The molecular weight excluding hydrogens is 265 g/mol. The lowest BCUT2D eigenvalue weighted by molar-refractivity contribution is -0.116. The molecule has 0 heterocycles. The van der Waals surface area contributed by atoms with E-state index < -0.39 is 0 Å². The minimum atomic E-state index is -0.254. The monoisotopic (exact) mass is 285 g/mol. The highest BCUT2D eigenvalue weighted by atomic mass is 19.1. The van der Waals surface area contributed by atoms with Crippen LogP contribution in [0.15, 0.2) is 42.5 Å². The van der Waals surface area contributed by atoms with E-state index in [1.807, 2.05) is 25.1 Å². The lowest BCUT2D eigenvalue weighted by atomic mass is 10.0. The predicted molar refractivity (Wildman–Crippen MR) is 83.9 cm³/mol. The molecule has 2 nitrogen and oxygen atoms in total. The molecule has 0 aliphatic rings. The maximum absolute atomic E-state index is 13.5. The molecule has 0 aliphatic carbocycles. The van der Waals surface area contributed by atoms with Crippen molar-refractivity contribution in [2.24, 2.45) is 0 Å². The molecule has 3 heteroatoms. The second-order valence-electron chi connectivity index (χ2n) is 5.10. The minimum absolute atomic E-state index is 0.0812. The fraction of sp³-hybridized carbons (Fsp3) is 0.278. The molecule has 2 rings (SSSR count). The molecule has 2 aromatic rings. The average molecular weight is 285 g/mol. The number of benzene rings is 2. The first kappa shape index (κ1) is 15.2. The van der Waals surface area contributed by atoms with E-state index in [1.165, 1.54) is 6.07 Å². The average Bonchev–Trinajstić information content (AvgIpc) is 2.48. The van der Waals surface area contributed by atoms with E-state index in [1.54, 1.807) is 18.2 Å². The van der Waals surface area contributed by atoms with Crippen LogP contribution in [0.3, 0.4) is 0 Å². The van der Waals surface area contributed by atoms with Crippen molar-refractivity contribution in [3.63, 3.8) is 0 Å². The van der Waals surface area contributed by atoms with Crippen molar-refractivity contribution < 1.29 is 9.18 Å². The van der Waals surface area contributed by atoms with Gasteiger partial charge in [0.2, 0.25) is 5.91 Å². The van der Waals surface area contributed by atoms with Gasteiger partial charge in [-0.3, -0.25) is 4.79 Å². The lowest BCUT2D eigenvalue weighted by Gasteiger charge is -2.13. The molecule has 0 bridgehead atoms. The summed E-state index contributed by atoms with van der Waals surface area (Å²) in [4.78, 5) is 12.1. The Morgan fingerprint density at radius 1 is 1.10 bits per heavy atom. The van der Waals surface area contributed by atoms with Crippen molar-refractivity contribution >= 4 is 11.6 Å². The summed E-state index contributed by atoms with van der Waals surface area (Å²) in [7, 11) is 0. The fourth-order valence-electron chi connectivity index (χ4n) is 2.35. The maximum Gasteiger partial charge on any atom is 0.224 e. The highest BCUT2D eigenvalue weighted by Crippen LogP contribution is 2.21. The summed E-state index contributed by atoms with van der Waals surface area (Å²) in [5, 5.41) is 2.96. The third-order valence-corrected chi connectivity index (χ3v) is 3.58. The van der Waals surface area contributed by atoms with Crippen LogP contribution in [0.1, 0.15) is 30.0 Å². The number of carbonyl (C=O) groups excluding carboxylic acids is 1. The Hall–Kier alpha value is -2.16. The summed E-state index contributed by atoms with van der Waals surface area (Å²) < 4.78 is 13.5. The molecule has 1 N–H and O–H groups in total. The largest absolute Gasteiger partial charge is 0.326 e. The number of aryl methyl sites for hydroxylation is 3. The Kier molecular flexibility index (Phi) is 5.09. The molecule has 0 fully saturated rings. The predicted octanol–water partition coefficient (Wildman–Crippen LogP) is 4.27. The maximum atomic E-state index is 13.5. The van der Waals surface area contributed by atoms with E-state index >= 15 is 0 Å². The number of nitrogens with one attached hydrogen (secondary N) is 1. The van der Waals surface area contributed by atoms with Crippen molar-refractivity contribution in [3.05, 3.63) is 65.0 Å². The minimum Gasteiger partial charge on any atom is -0.326 e. The third kappa shape index (κ3) is 3.91. The quantitative estimate of drug-likeness (QED) is 0.873. The van der Waals surface area contributed by atoms with Gasteiger partial charge in [0, 0.05) is 12.1 Å². The number of para-hydroxylation sites is 1. The summed E-state index contributed by atoms with van der Waals surface area (Å²) in [6, 6.07) is 12.6. The smallest absolute Gasteiger partial charge is 0.224 e. The Balaban J connectivity index is 2.01. The van der Waals surface area contributed by atoms with E-state index in [9.17, 15) is 9.18 Å². The molecular formula is C18H20FNO. The molecule has 0 aromatic heterocycles. The van der Waals surface area contributed by atoms with Crippen molar-refractivity contribution in [2.45, 2.75) is 33.1 Å². The zero-order valence-electron chi connectivity index (χ0n) is 12.4. The molecule has 0 spiro atoms. The standard InChI is InChI=1S/C18H20FNO/c1-3-14-9-6-7-13(2)18(14)20-17(21)12-11-15-8-4-5-10-16(15)19/h4-10H,3,11-12H2,1-2H3,(H,20,21). The molecule has 0 atom stereocenters. The van der Waals surface area contributed by atoms with Crippen LogP contribution in [0.25, 0.3) is 0 Å². The second-order valence-corrected chi connectivity index (χ2v) is 5.10. The highest BCUT2D eigenvalue weighted by Gasteiger charge is 2.10. The lowest BCUT2D eigenvalue weighted by Crippen LogP contribution is -2.15. The molecule has 0 aliphatic heterocycles. The van der Waals surface area contributed by atoms with Gasteiger partial charge in [0.05, 0.1) is 0 Å². The van der Waals surface area contributed by atoms with Crippen LogP contribution >= 0.6 is 0 Å². The van der Waals surface area contributed by atoms with Crippen LogP contribution in [0.5, 0.6) is 0 Å². The van der Waals surface area contributed by atoms with Gasteiger partial charge < -0.3 is 5.32 Å². The van der Waals surface area contributed by atoms with Crippen LogP contribution in [0.4, 0.5) is 10.1 Å². The molecule has 0 unspecified atom stereocenters. The Morgan fingerprint density at radius 2 is 1.81 bits per heavy atom. The molecule has 0 radical (unpaired) electrons. The van der Waals surface area contributed by atoms with Crippen LogP contribution in [-0.4, -0.2) is 5.91 Å². The van der Waals surface area contributed by atoms with Crippen molar-refractivity contribution in [1.29, 1.82) is 0 Å². The van der Waals surface area contributed by atoms with Gasteiger partial charge in [-0.05, 0) is 42.5 Å². The first-order valence-electron chi connectivity index (χ1n) is 7.23. The normalized spacial score (nSPS) is 10.4. The van der Waals surface area contributed by atoms with Crippen molar-refractivity contribution in [2.75, 3.05) is 5.32 Å². The zero-order chi connectivity index (χ0) is 15.2. The van der Waals surface area contributed by atoms with E-state index in [-0.39, 0.29) is 18.1 Å². The van der Waals surface area contributed by atoms with Crippen LogP contribution in [0, 0.1) is 12.7 Å². The number of carbonyl (C=O) groups is 1. The second kappa shape index (κ2) is 7.02. The molecule has 21 heavy (non-hydrogen) atoms. The Morgan fingerprint density at radius 3 is 2.52 bits per heavy atom. The molecule has 110 valence electrons. The topological polar surface area (TPSA) is 29.1 Å². The van der Waals surface area contributed by atoms with Crippen LogP contribution in [-0.2, 0) is 17.6 Å². The number of halogens is 1. The van der Waals surface area contributed by atoms with Gasteiger partial charge in [-0.15, -0.1) is 0 Å². The Labute approximate surface area is 125 Å². The number of rotatable bonds is 5. The summed E-state index contributed by atoms with van der Waals surface area (Å²) in [5.74, 6) is -0.335. The molecule has 0 saturated carbocycles. The number of amides is 1. The van der Waals surface area contributed by atoms with Gasteiger partial charge in [-0.1, -0.05) is 43.3 Å². The molecule has 2 aromatic carbocycles. The highest BCUT2D eigenvalue weighted by molar-refractivity contribution is 5.92. The fourth-order valence-corrected chi connectivity index (χ4v) is 2.35. The summed E-state index contributed by atoms with van der Waals surface area (Å²) in [6.45, 7) is 4.04.